The Kier molecular flexibility index (Phi) is 7.11. The number of piperidine rings is 1. The fraction of sp³-hybridized carbons (Fsp3) is 0.409. The fourth-order valence-corrected chi connectivity index (χ4v) is 3.57. The van der Waals surface area contributed by atoms with Gasteiger partial charge in [0, 0.05) is 43.2 Å². The molecule has 0 atom stereocenters. The first kappa shape index (κ1) is 21.4. The van der Waals surface area contributed by atoms with Crippen LogP contribution in [-0.2, 0) is 0 Å². The van der Waals surface area contributed by atoms with Crippen molar-refractivity contribution < 1.29 is 23.8 Å². The Morgan fingerprint density at radius 1 is 1.00 bits per heavy atom. The number of likely N-dealkylation sites (tertiary alicyclic amines) is 1. The van der Waals surface area contributed by atoms with Crippen molar-refractivity contribution in [2.75, 3.05) is 41.0 Å². The Balaban J connectivity index is 1.54. The first-order chi connectivity index (χ1) is 14.6. The molecule has 0 bridgehead atoms. The molecule has 3 rings (SSSR count). The van der Waals surface area contributed by atoms with Gasteiger partial charge in [-0.25, -0.2) is 0 Å². The summed E-state index contributed by atoms with van der Waals surface area (Å²) in [4.78, 5) is 31.0. The van der Waals surface area contributed by atoms with Crippen molar-refractivity contribution in [3.63, 3.8) is 0 Å². The van der Waals surface area contributed by atoms with Crippen LogP contribution in [0.2, 0.25) is 0 Å². The lowest BCUT2D eigenvalue weighted by Crippen LogP contribution is -2.41. The zero-order chi connectivity index (χ0) is 21.5. The number of hydrogen-bond acceptors (Lipinski definition) is 6. The normalized spacial score (nSPS) is 14.2. The average Bonchev–Trinajstić information content (AvgIpc) is 2.81. The highest BCUT2D eigenvalue weighted by Gasteiger charge is 2.24. The number of carbonyl (C=O) groups is 2. The predicted molar refractivity (Wildman–Crippen MR) is 111 cm³/mol. The molecule has 0 radical (unpaired) electrons. The van der Waals surface area contributed by atoms with Crippen molar-refractivity contribution in [2.45, 2.75) is 12.8 Å². The number of pyridine rings is 1. The molecule has 30 heavy (non-hydrogen) atoms. The van der Waals surface area contributed by atoms with E-state index in [-0.39, 0.29) is 11.8 Å². The summed E-state index contributed by atoms with van der Waals surface area (Å²) >= 11 is 0. The lowest BCUT2D eigenvalue weighted by Gasteiger charge is -2.32. The van der Waals surface area contributed by atoms with E-state index < -0.39 is 0 Å². The van der Waals surface area contributed by atoms with Gasteiger partial charge in [-0.15, -0.1) is 0 Å². The molecule has 1 aromatic carbocycles. The molecule has 1 aliphatic rings. The number of nitrogens with zero attached hydrogens (tertiary/aromatic N) is 2. The van der Waals surface area contributed by atoms with Gasteiger partial charge < -0.3 is 24.4 Å². The third-order valence-electron chi connectivity index (χ3n) is 5.31. The Bertz CT molecular complexity index is 855. The molecule has 2 amide bonds. The number of hydrogen-bond donors (Lipinski definition) is 1. The number of carbonyl (C=O) groups excluding carboxylic acids is 2. The van der Waals surface area contributed by atoms with Gasteiger partial charge in [-0.05, 0) is 43.0 Å². The van der Waals surface area contributed by atoms with Crippen LogP contribution in [0.4, 0.5) is 0 Å². The Hall–Kier alpha value is -3.29. The number of benzene rings is 1. The SMILES string of the molecule is COc1cc(C(=O)NCC2CCN(C(=O)c3ccncc3)CC2)cc(OC)c1OC. The van der Waals surface area contributed by atoms with E-state index in [1.54, 1.807) is 36.7 Å². The number of amides is 2. The maximum atomic E-state index is 12.6. The van der Waals surface area contributed by atoms with Crippen LogP contribution in [0.25, 0.3) is 0 Å². The molecule has 1 aliphatic heterocycles. The topological polar surface area (TPSA) is 90.0 Å². The molecule has 160 valence electrons. The molecule has 0 spiro atoms. The Morgan fingerprint density at radius 2 is 1.60 bits per heavy atom. The maximum Gasteiger partial charge on any atom is 0.253 e. The van der Waals surface area contributed by atoms with Crippen molar-refractivity contribution in [2.24, 2.45) is 5.92 Å². The van der Waals surface area contributed by atoms with E-state index in [1.165, 1.54) is 21.3 Å². The van der Waals surface area contributed by atoms with E-state index in [0.29, 0.717) is 53.9 Å². The lowest BCUT2D eigenvalue weighted by atomic mass is 9.96. The van der Waals surface area contributed by atoms with Gasteiger partial charge in [0.25, 0.3) is 11.8 Å². The minimum atomic E-state index is -0.204. The van der Waals surface area contributed by atoms with Crippen LogP contribution >= 0.6 is 0 Å². The third-order valence-corrected chi connectivity index (χ3v) is 5.31. The number of rotatable bonds is 7. The number of ether oxygens (including phenoxy) is 3. The Morgan fingerprint density at radius 3 is 2.13 bits per heavy atom. The first-order valence-corrected chi connectivity index (χ1v) is 9.84. The second-order valence-corrected chi connectivity index (χ2v) is 7.10. The van der Waals surface area contributed by atoms with Gasteiger partial charge in [0.15, 0.2) is 11.5 Å². The minimum Gasteiger partial charge on any atom is -0.493 e. The number of methoxy groups -OCH3 is 3. The highest BCUT2D eigenvalue weighted by atomic mass is 16.5. The smallest absolute Gasteiger partial charge is 0.253 e. The van der Waals surface area contributed by atoms with Crippen LogP contribution in [0.3, 0.4) is 0 Å². The van der Waals surface area contributed by atoms with E-state index in [0.717, 1.165) is 12.8 Å². The molecule has 8 nitrogen and oxygen atoms in total. The molecule has 0 aliphatic carbocycles. The van der Waals surface area contributed by atoms with Gasteiger partial charge in [0.05, 0.1) is 21.3 Å². The average molecular weight is 413 g/mol. The van der Waals surface area contributed by atoms with Gasteiger partial charge in [-0.2, -0.15) is 0 Å². The number of aromatic nitrogens is 1. The molecule has 2 aromatic rings. The molecule has 2 heterocycles. The van der Waals surface area contributed by atoms with Crippen molar-refractivity contribution in [3.05, 3.63) is 47.8 Å². The summed E-state index contributed by atoms with van der Waals surface area (Å²) in [5.41, 5.74) is 1.09. The third kappa shape index (κ3) is 4.82. The summed E-state index contributed by atoms with van der Waals surface area (Å²) in [6, 6.07) is 6.72. The van der Waals surface area contributed by atoms with E-state index in [2.05, 4.69) is 10.3 Å². The van der Waals surface area contributed by atoms with Gasteiger partial charge >= 0.3 is 0 Å². The van der Waals surface area contributed by atoms with Gasteiger partial charge in [0.1, 0.15) is 0 Å². The summed E-state index contributed by atoms with van der Waals surface area (Å²) < 4.78 is 15.9. The molecule has 1 saturated heterocycles. The summed E-state index contributed by atoms with van der Waals surface area (Å²) in [6.45, 7) is 1.89. The minimum absolute atomic E-state index is 0.0253. The van der Waals surface area contributed by atoms with Crippen LogP contribution in [0.15, 0.2) is 36.7 Å². The van der Waals surface area contributed by atoms with Gasteiger partial charge in [-0.1, -0.05) is 0 Å². The molecule has 1 aromatic heterocycles. The molecule has 1 N–H and O–H groups in total. The first-order valence-electron chi connectivity index (χ1n) is 9.84. The molecular weight excluding hydrogens is 386 g/mol. The van der Waals surface area contributed by atoms with Crippen LogP contribution in [0.5, 0.6) is 17.2 Å². The van der Waals surface area contributed by atoms with Crippen LogP contribution in [-0.4, -0.2) is 62.7 Å². The fourth-order valence-electron chi connectivity index (χ4n) is 3.57. The van der Waals surface area contributed by atoms with E-state index in [4.69, 9.17) is 14.2 Å². The van der Waals surface area contributed by atoms with E-state index in [1.807, 2.05) is 4.90 Å². The van der Waals surface area contributed by atoms with Gasteiger partial charge in [-0.3, -0.25) is 14.6 Å². The van der Waals surface area contributed by atoms with Crippen LogP contribution < -0.4 is 19.5 Å². The van der Waals surface area contributed by atoms with E-state index in [9.17, 15) is 9.59 Å². The molecule has 1 fully saturated rings. The molecule has 0 unspecified atom stereocenters. The molecule has 0 saturated carbocycles. The van der Waals surface area contributed by atoms with Crippen LogP contribution in [0, 0.1) is 5.92 Å². The summed E-state index contributed by atoms with van der Waals surface area (Å²) in [5.74, 6) is 1.46. The predicted octanol–water partition coefficient (Wildman–Crippen LogP) is 2.39. The van der Waals surface area contributed by atoms with E-state index >= 15 is 0 Å². The second-order valence-electron chi connectivity index (χ2n) is 7.10. The summed E-state index contributed by atoms with van der Waals surface area (Å²) in [6.07, 6.45) is 4.93. The summed E-state index contributed by atoms with van der Waals surface area (Å²) in [5, 5.41) is 2.98. The molecular formula is C22H27N3O5. The highest BCUT2D eigenvalue weighted by Crippen LogP contribution is 2.38. The lowest BCUT2D eigenvalue weighted by molar-refractivity contribution is 0.0684. The largest absolute Gasteiger partial charge is 0.493 e. The van der Waals surface area contributed by atoms with Gasteiger partial charge in [0.2, 0.25) is 5.75 Å². The zero-order valence-electron chi connectivity index (χ0n) is 17.5. The van der Waals surface area contributed by atoms with Crippen molar-refractivity contribution in [1.29, 1.82) is 0 Å². The molecule has 8 heteroatoms. The maximum absolute atomic E-state index is 12.6. The Labute approximate surface area is 176 Å². The van der Waals surface area contributed by atoms with Crippen molar-refractivity contribution >= 4 is 11.8 Å². The number of nitrogens with one attached hydrogen (secondary N) is 1. The standard InChI is InChI=1S/C22H27N3O5/c1-28-18-12-17(13-19(29-2)20(18)30-3)21(26)24-14-15-6-10-25(11-7-15)22(27)16-4-8-23-9-5-16/h4-5,8-9,12-13,15H,6-7,10-11,14H2,1-3H3,(H,24,26). The zero-order valence-corrected chi connectivity index (χ0v) is 17.5. The monoisotopic (exact) mass is 413 g/mol. The summed E-state index contributed by atoms with van der Waals surface area (Å²) in [7, 11) is 4.55. The quantitative estimate of drug-likeness (QED) is 0.750. The van der Waals surface area contributed by atoms with Crippen molar-refractivity contribution in [1.82, 2.24) is 15.2 Å². The van der Waals surface area contributed by atoms with Crippen molar-refractivity contribution in [3.8, 4) is 17.2 Å². The van der Waals surface area contributed by atoms with Crippen LogP contribution in [0.1, 0.15) is 33.6 Å². The highest BCUT2D eigenvalue weighted by molar-refractivity contribution is 5.95. The second kappa shape index (κ2) is 9.96.